The van der Waals surface area contributed by atoms with Gasteiger partial charge in [0.2, 0.25) is 0 Å². The van der Waals surface area contributed by atoms with Gasteiger partial charge in [-0.25, -0.2) is 0 Å². The van der Waals surface area contributed by atoms with Crippen LogP contribution in [0.2, 0.25) is 0 Å². The number of thioether (sulfide) groups is 2. The molecule has 2 saturated heterocycles. The summed E-state index contributed by atoms with van der Waals surface area (Å²) in [5, 5.41) is 3.99. The lowest BCUT2D eigenvalue weighted by Crippen LogP contribution is -2.59. The summed E-state index contributed by atoms with van der Waals surface area (Å²) in [6.07, 6.45) is 11.5. The van der Waals surface area contributed by atoms with Crippen molar-refractivity contribution < 1.29 is 0 Å². The van der Waals surface area contributed by atoms with E-state index in [-0.39, 0.29) is 0 Å². The first-order valence-corrected chi connectivity index (χ1v) is 11.3. The van der Waals surface area contributed by atoms with Gasteiger partial charge in [0.05, 0.1) is 0 Å². The average Bonchev–Trinajstić information content (AvgIpc) is 2.83. The molecule has 1 N–H and O–H groups in total. The van der Waals surface area contributed by atoms with E-state index in [0.29, 0.717) is 5.54 Å². The molecule has 122 valence electrons. The van der Waals surface area contributed by atoms with Gasteiger partial charge < -0.3 is 5.32 Å². The van der Waals surface area contributed by atoms with Crippen molar-refractivity contribution in [3.05, 3.63) is 0 Å². The maximum absolute atomic E-state index is 3.99. The zero-order chi connectivity index (χ0) is 14.4. The molecule has 2 heterocycles. The van der Waals surface area contributed by atoms with E-state index in [1.54, 1.807) is 0 Å². The van der Waals surface area contributed by atoms with Crippen molar-refractivity contribution in [1.29, 1.82) is 0 Å². The van der Waals surface area contributed by atoms with Crippen molar-refractivity contribution in [2.24, 2.45) is 0 Å². The molecule has 3 fully saturated rings. The molecule has 1 aliphatic carbocycles. The topological polar surface area (TPSA) is 15.3 Å². The lowest BCUT2D eigenvalue weighted by Gasteiger charge is -2.49. The Balaban J connectivity index is 1.58. The van der Waals surface area contributed by atoms with E-state index in [0.717, 1.165) is 6.04 Å². The Morgan fingerprint density at radius 1 is 0.857 bits per heavy atom. The van der Waals surface area contributed by atoms with Crippen LogP contribution in [0, 0.1) is 0 Å². The first-order valence-electron chi connectivity index (χ1n) is 9.03. The van der Waals surface area contributed by atoms with Crippen molar-refractivity contribution in [3.63, 3.8) is 0 Å². The molecular formula is C17H32N2S2. The molecule has 2 nitrogen and oxygen atoms in total. The fraction of sp³-hybridized carbons (Fsp3) is 1.00. The molecule has 2 aliphatic heterocycles. The molecule has 3 aliphatic rings. The molecule has 0 aromatic carbocycles. The monoisotopic (exact) mass is 328 g/mol. The number of likely N-dealkylation sites (tertiary alicyclic amines) is 1. The van der Waals surface area contributed by atoms with Gasteiger partial charge in [0.15, 0.2) is 0 Å². The lowest BCUT2D eigenvalue weighted by molar-refractivity contribution is 0.0323. The van der Waals surface area contributed by atoms with Gasteiger partial charge in [0.25, 0.3) is 0 Å². The first-order chi connectivity index (χ1) is 10.4. The molecule has 1 saturated carbocycles. The maximum atomic E-state index is 3.99. The highest BCUT2D eigenvalue weighted by Crippen LogP contribution is 2.35. The predicted octanol–water partition coefficient (Wildman–Crippen LogP) is 3.61. The Hall–Kier alpha value is 0.620. The van der Waals surface area contributed by atoms with Gasteiger partial charge >= 0.3 is 0 Å². The quantitative estimate of drug-likeness (QED) is 0.847. The van der Waals surface area contributed by atoms with Gasteiger partial charge in [-0.1, -0.05) is 25.7 Å². The van der Waals surface area contributed by atoms with E-state index in [1.165, 1.54) is 94.0 Å². The third-order valence-corrected chi connectivity index (χ3v) is 8.06. The van der Waals surface area contributed by atoms with Gasteiger partial charge in [-0.3, -0.25) is 4.90 Å². The molecule has 0 atom stereocenters. The van der Waals surface area contributed by atoms with Crippen molar-refractivity contribution >= 4 is 23.5 Å². The van der Waals surface area contributed by atoms with Crippen molar-refractivity contribution in [3.8, 4) is 0 Å². The number of nitrogens with one attached hydrogen (secondary N) is 1. The van der Waals surface area contributed by atoms with Crippen LogP contribution in [-0.2, 0) is 0 Å². The fourth-order valence-electron chi connectivity index (χ4n) is 4.25. The summed E-state index contributed by atoms with van der Waals surface area (Å²) in [7, 11) is 0. The van der Waals surface area contributed by atoms with Crippen LogP contribution in [0.15, 0.2) is 0 Å². The molecular weight excluding hydrogens is 296 g/mol. The number of piperidine rings is 1. The van der Waals surface area contributed by atoms with Crippen LogP contribution in [0.1, 0.15) is 51.4 Å². The van der Waals surface area contributed by atoms with Gasteiger partial charge in [-0.05, 0) is 38.8 Å². The molecule has 0 aromatic heterocycles. The van der Waals surface area contributed by atoms with E-state index >= 15 is 0 Å². The van der Waals surface area contributed by atoms with Gasteiger partial charge in [0.1, 0.15) is 0 Å². The van der Waals surface area contributed by atoms with Gasteiger partial charge in [-0.2, -0.15) is 23.5 Å². The molecule has 0 bridgehead atoms. The van der Waals surface area contributed by atoms with E-state index in [4.69, 9.17) is 0 Å². The Morgan fingerprint density at radius 3 is 2.14 bits per heavy atom. The molecule has 4 heteroatoms. The molecule has 0 radical (unpaired) electrons. The zero-order valence-corrected chi connectivity index (χ0v) is 15.1. The minimum absolute atomic E-state index is 0.500. The smallest absolute Gasteiger partial charge is 0.0334 e. The largest absolute Gasteiger partial charge is 0.310 e. The summed E-state index contributed by atoms with van der Waals surface area (Å²) in [5.41, 5.74) is 0.500. The van der Waals surface area contributed by atoms with Crippen LogP contribution < -0.4 is 5.32 Å². The van der Waals surface area contributed by atoms with Crippen LogP contribution in [0.5, 0.6) is 0 Å². The van der Waals surface area contributed by atoms with Crippen LogP contribution >= 0.6 is 23.5 Å². The second kappa shape index (κ2) is 8.47. The summed E-state index contributed by atoms with van der Waals surface area (Å²) < 4.78 is 0. The summed E-state index contributed by atoms with van der Waals surface area (Å²) in [4.78, 5) is 2.87. The number of rotatable bonds is 4. The number of nitrogens with zero attached hydrogens (tertiary/aromatic N) is 1. The molecule has 3 rings (SSSR count). The highest BCUT2D eigenvalue weighted by molar-refractivity contribution is 8.03. The van der Waals surface area contributed by atoms with E-state index in [2.05, 4.69) is 33.7 Å². The average molecular weight is 329 g/mol. The zero-order valence-electron chi connectivity index (χ0n) is 13.4. The van der Waals surface area contributed by atoms with Crippen molar-refractivity contribution in [1.82, 2.24) is 10.2 Å². The third-order valence-electron chi connectivity index (χ3n) is 5.54. The summed E-state index contributed by atoms with van der Waals surface area (Å²) in [6.45, 7) is 3.96. The normalized spacial score (nSPS) is 29.1. The second-order valence-electron chi connectivity index (χ2n) is 7.06. The summed E-state index contributed by atoms with van der Waals surface area (Å²) >= 11 is 4.30. The highest BCUT2D eigenvalue weighted by Gasteiger charge is 2.38. The Bertz CT molecular complexity index is 291. The van der Waals surface area contributed by atoms with Crippen LogP contribution in [0.3, 0.4) is 0 Å². The second-order valence-corrected chi connectivity index (χ2v) is 9.36. The SMILES string of the molecule is C1CCN(C2(CNC3CSCCSC3)CCCCC2)CC1. The molecule has 21 heavy (non-hydrogen) atoms. The first kappa shape index (κ1) is 16.5. The molecule has 0 amide bonds. The predicted molar refractivity (Wildman–Crippen MR) is 97.7 cm³/mol. The minimum atomic E-state index is 0.500. The summed E-state index contributed by atoms with van der Waals surface area (Å²) in [6, 6.07) is 0.742. The Kier molecular flexibility index (Phi) is 6.64. The number of hydrogen-bond acceptors (Lipinski definition) is 4. The summed E-state index contributed by atoms with van der Waals surface area (Å²) in [5.74, 6) is 5.34. The third kappa shape index (κ3) is 4.55. The van der Waals surface area contributed by atoms with Crippen molar-refractivity contribution in [2.75, 3.05) is 42.6 Å². The minimum Gasteiger partial charge on any atom is -0.310 e. The van der Waals surface area contributed by atoms with Gasteiger partial charge in [-0.15, -0.1) is 0 Å². The van der Waals surface area contributed by atoms with Gasteiger partial charge in [0, 0.05) is 41.1 Å². The van der Waals surface area contributed by atoms with Crippen molar-refractivity contribution in [2.45, 2.75) is 62.9 Å². The lowest BCUT2D eigenvalue weighted by atomic mass is 9.79. The van der Waals surface area contributed by atoms with Crippen LogP contribution in [0.25, 0.3) is 0 Å². The highest BCUT2D eigenvalue weighted by atomic mass is 32.2. The molecule has 0 spiro atoms. The van der Waals surface area contributed by atoms with Crippen LogP contribution in [0.4, 0.5) is 0 Å². The van der Waals surface area contributed by atoms with Crippen LogP contribution in [-0.4, -0.2) is 59.1 Å². The fourth-order valence-corrected chi connectivity index (χ4v) is 6.72. The molecule has 0 unspecified atom stereocenters. The Labute approximate surface area is 139 Å². The maximum Gasteiger partial charge on any atom is 0.0334 e. The Morgan fingerprint density at radius 2 is 1.48 bits per heavy atom. The van der Waals surface area contributed by atoms with E-state index < -0.39 is 0 Å². The van der Waals surface area contributed by atoms with E-state index in [9.17, 15) is 0 Å². The standard InChI is InChI=1S/C17H32N2S2/c1-3-7-17(8-4-1,19-9-5-2-6-10-19)15-18-16-13-20-11-12-21-14-16/h16,18H,1-15H2. The number of hydrogen-bond donors (Lipinski definition) is 1. The van der Waals surface area contributed by atoms with E-state index in [1.807, 2.05) is 0 Å². The molecule has 0 aromatic rings.